The number of hydrogen-bond acceptors (Lipinski definition) is 10. The smallest absolute Gasteiger partial charge is 0.336 e. The lowest BCUT2D eigenvalue weighted by atomic mass is 9.90. The van der Waals surface area contributed by atoms with Crippen molar-refractivity contribution in [2.45, 2.75) is 86.5 Å². The number of benzene rings is 3. The van der Waals surface area contributed by atoms with Crippen LogP contribution in [-0.4, -0.2) is 73.5 Å². The fourth-order valence-electron chi connectivity index (χ4n) is 6.93. The predicted molar refractivity (Wildman–Crippen MR) is 194 cm³/mol. The fraction of sp³-hybridized carbons (Fsp3) is 0.417. The van der Waals surface area contributed by atoms with Crippen LogP contribution >= 0.6 is 0 Å². The molecule has 1 aliphatic heterocycles. The van der Waals surface area contributed by atoms with Gasteiger partial charge in [0.05, 0.1) is 16.6 Å². The van der Waals surface area contributed by atoms with Crippen LogP contribution in [0.2, 0.25) is 0 Å². The third-order valence-electron chi connectivity index (χ3n) is 9.45. The topological polar surface area (TPSA) is 241 Å². The summed E-state index contributed by atoms with van der Waals surface area (Å²) in [5.41, 5.74) is 5.85. The number of fused-ring (bicyclic) bond motifs is 2. The number of anilines is 1. The molecule has 0 saturated heterocycles. The maximum absolute atomic E-state index is 14.7. The molecule has 0 radical (unpaired) electrons. The van der Waals surface area contributed by atoms with Crippen LogP contribution < -0.4 is 16.4 Å². The molecule has 2 aromatic carbocycles. The van der Waals surface area contributed by atoms with E-state index in [1.807, 2.05) is 0 Å². The van der Waals surface area contributed by atoms with Crippen LogP contribution in [0.15, 0.2) is 62.7 Å². The van der Waals surface area contributed by atoms with Crippen LogP contribution in [0.1, 0.15) is 81.0 Å². The summed E-state index contributed by atoms with van der Waals surface area (Å²) < 4.78 is 72.3. The zero-order valence-corrected chi connectivity index (χ0v) is 30.3. The monoisotopic (exact) mass is 756 g/mol. The van der Waals surface area contributed by atoms with E-state index in [4.69, 9.17) is 20.7 Å². The van der Waals surface area contributed by atoms with Gasteiger partial charge in [0.25, 0.3) is 10.1 Å². The van der Waals surface area contributed by atoms with Gasteiger partial charge in [-0.2, -0.15) is 12.7 Å². The number of carbonyl (C=O) groups is 2. The molecular formula is C36H44N4O10S2. The average Bonchev–Trinajstić information content (AvgIpc) is 3.60. The quantitative estimate of drug-likeness (QED) is 0.0317. The van der Waals surface area contributed by atoms with E-state index in [9.17, 15) is 36.1 Å². The maximum Gasteiger partial charge on any atom is 0.336 e. The Balaban J connectivity index is 1.64. The second-order valence-electron chi connectivity index (χ2n) is 13.1. The Hall–Kier alpha value is -4.35. The van der Waals surface area contributed by atoms with E-state index in [1.54, 1.807) is 6.07 Å². The highest BCUT2D eigenvalue weighted by molar-refractivity contribution is 7.89. The summed E-state index contributed by atoms with van der Waals surface area (Å²) >= 11 is 0. The molecule has 0 spiro atoms. The van der Waals surface area contributed by atoms with Crippen molar-refractivity contribution in [2.75, 3.05) is 25.4 Å². The number of carboxylic acid groups (broad SMARTS) is 2. The van der Waals surface area contributed by atoms with E-state index in [-0.39, 0.29) is 58.4 Å². The minimum Gasteiger partial charge on any atom is -0.481 e. The van der Waals surface area contributed by atoms with Crippen molar-refractivity contribution in [1.82, 2.24) is 9.62 Å². The molecule has 0 aromatic heterocycles. The molecular weight excluding hydrogens is 713 g/mol. The van der Waals surface area contributed by atoms with Crippen molar-refractivity contribution in [2.24, 2.45) is 0 Å². The molecule has 0 amide bonds. The molecule has 0 bridgehead atoms. The van der Waals surface area contributed by atoms with Gasteiger partial charge < -0.3 is 25.7 Å². The van der Waals surface area contributed by atoms with E-state index in [2.05, 4.69) is 5.32 Å². The van der Waals surface area contributed by atoms with E-state index in [1.165, 1.54) is 53.5 Å². The normalized spacial score (nSPS) is 14.1. The molecule has 2 aliphatic carbocycles. The summed E-state index contributed by atoms with van der Waals surface area (Å²) in [5, 5.41) is 30.5. The SMILES string of the molecule is N=c1ccc2c(-c3ccccc3C(=O)O)c3ccc(N)c(S(=O)(=O)N(CCCCCNC4CCCC4)CCCCCC(=O)O)c3oc-2c1S(=O)(=O)O. The van der Waals surface area contributed by atoms with Gasteiger partial charge in [0, 0.05) is 42.1 Å². The van der Waals surface area contributed by atoms with Gasteiger partial charge in [-0.25, -0.2) is 13.2 Å². The zero-order valence-electron chi connectivity index (χ0n) is 28.6. The van der Waals surface area contributed by atoms with Gasteiger partial charge in [0.1, 0.15) is 4.90 Å². The molecule has 7 N–H and O–H groups in total. The Morgan fingerprint density at radius 1 is 0.865 bits per heavy atom. The highest BCUT2D eigenvalue weighted by Gasteiger charge is 2.34. The number of rotatable bonds is 18. The van der Waals surface area contributed by atoms with E-state index < -0.39 is 53.0 Å². The van der Waals surface area contributed by atoms with Crippen LogP contribution in [0.25, 0.3) is 33.4 Å². The Morgan fingerprint density at radius 2 is 1.54 bits per heavy atom. The van der Waals surface area contributed by atoms with Gasteiger partial charge in [-0.05, 0) is 81.0 Å². The number of nitrogens with zero attached hydrogens (tertiary/aromatic N) is 1. The molecule has 14 nitrogen and oxygen atoms in total. The number of unbranched alkanes of at least 4 members (excludes halogenated alkanes) is 4. The van der Waals surface area contributed by atoms with Crippen LogP contribution in [-0.2, 0) is 24.9 Å². The van der Waals surface area contributed by atoms with Gasteiger partial charge in [0.2, 0.25) is 10.0 Å². The molecule has 1 heterocycles. The van der Waals surface area contributed by atoms with Gasteiger partial charge in [0.15, 0.2) is 16.2 Å². The van der Waals surface area contributed by atoms with E-state index >= 15 is 0 Å². The Labute approximate surface area is 302 Å². The summed E-state index contributed by atoms with van der Waals surface area (Å²) in [6.45, 7) is 0.951. The number of nitrogen functional groups attached to an aromatic ring is 1. The molecule has 5 rings (SSSR count). The molecule has 0 unspecified atom stereocenters. The van der Waals surface area contributed by atoms with E-state index in [0.29, 0.717) is 31.7 Å². The first-order chi connectivity index (χ1) is 24.7. The number of aromatic carboxylic acids is 1. The molecule has 3 aliphatic rings. The molecule has 2 aromatic rings. The minimum absolute atomic E-state index is 0.0134. The molecule has 1 fully saturated rings. The summed E-state index contributed by atoms with van der Waals surface area (Å²) in [7, 11) is -9.63. The third kappa shape index (κ3) is 8.64. The summed E-state index contributed by atoms with van der Waals surface area (Å²) in [4.78, 5) is 22.1. The Morgan fingerprint density at radius 3 is 2.19 bits per heavy atom. The predicted octanol–water partition coefficient (Wildman–Crippen LogP) is 5.55. The standard InChI is InChI=1S/C36H44N4O10S2/c37-28-18-16-26-31(24-13-6-7-14-25(24)36(43)44)27-17-19-29(38)35(52(47,48)49)33(27)50-32(26)34(28)51(45,46)40(21-9-1-3-15-30(41)42)22-10-2-8-20-39-23-11-4-5-12-23/h6-7,13-14,16-19,23,38-39H,1-5,8-12,15,20-22,37H2,(H,41,42)(H,43,44)(H,47,48,49). The second kappa shape index (κ2) is 16.5. The highest BCUT2D eigenvalue weighted by atomic mass is 32.2. The molecule has 280 valence electrons. The molecule has 52 heavy (non-hydrogen) atoms. The number of hydrogen-bond donors (Lipinski definition) is 6. The van der Waals surface area contributed by atoms with Crippen LogP contribution in [0.5, 0.6) is 0 Å². The molecule has 1 saturated carbocycles. The number of nitrogens with one attached hydrogen (secondary N) is 2. The van der Waals surface area contributed by atoms with E-state index in [0.717, 1.165) is 38.3 Å². The van der Waals surface area contributed by atoms with Crippen LogP contribution in [0, 0.1) is 5.41 Å². The average molecular weight is 757 g/mol. The van der Waals surface area contributed by atoms with Gasteiger partial charge in [-0.15, -0.1) is 0 Å². The van der Waals surface area contributed by atoms with Gasteiger partial charge in [-0.3, -0.25) is 14.8 Å². The summed E-state index contributed by atoms with van der Waals surface area (Å²) in [6, 6.07) is 11.7. The van der Waals surface area contributed by atoms with Crippen LogP contribution in [0.4, 0.5) is 5.69 Å². The first kappa shape index (κ1) is 38.9. The first-order valence-corrected chi connectivity index (χ1v) is 20.2. The first-order valence-electron chi connectivity index (χ1n) is 17.3. The number of carboxylic acids is 2. The van der Waals surface area contributed by atoms with Crippen molar-refractivity contribution in [3.63, 3.8) is 0 Å². The van der Waals surface area contributed by atoms with Gasteiger partial charge in [-0.1, -0.05) is 43.9 Å². The van der Waals surface area contributed by atoms with Crippen LogP contribution in [0.3, 0.4) is 0 Å². The fourth-order valence-corrected chi connectivity index (χ4v) is 9.41. The van der Waals surface area contributed by atoms with Crippen molar-refractivity contribution in [3.8, 4) is 22.5 Å². The lowest BCUT2D eigenvalue weighted by Gasteiger charge is -2.25. The number of sulfonamides is 1. The molecule has 0 atom stereocenters. The summed E-state index contributed by atoms with van der Waals surface area (Å²) in [6.07, 6.45) is 7.90. The largest absolute Gasteiger partial charge is 0.481 e. The minimum atomic E-state index is -5.11. The van der Waals surface area contributed by atoms with Gasteiger partial charge >= 0.3 is 11.9 Å². The van der Waals surface area contributed by atoms with Crippen molar-refractivity contribution in [1.29, 1.82) is 5.41 Å². The zero-order chi connectivity index (χ0) is 37.6. The Kier molecular flexibility index (Phi) is 12.4. The van der Waals surface area contributed by atoms with Crippen molar-refractivity contribution >= 4 is 48.7 Å². The number of aliphatic carboxylic acids is 1. The second-order valence-corrected chi connectivity index (χ2v) is 16.3. The maximum atomic E-state index is 14.7. The highest BCUT2D eigenvalue weighted by Crippen LogP contribution is 2.46. The molecule has 16 heteroatoms. The Bertz CT molecular complexity index is 2200. The lowest BCUT2D eigenvalue weighted by Crippen LogP contribution is -2.34. The summed E-state index contributed by atoms with van der Waals surface area (Å²) in [5.74, 6) is -2.80. The van der Waals surface area contributed by atoms with Crippen molar-refractivity contribution < 1.29 is 45.6 Å². The van der Waals surface area contributed by atoms with Crippen molar-refractivity contribution in [3.05, 3.63) is 59.5 Å². The third-order valence-corrected chi connectivity index (χ3v) is 12.4. The number of nitrogens with two attached hydrogens (primary N) is 1. The lowest BCUT2D eigenvalue weighted by molar-refractivity contribution is -0.137.